The Hall–Kier alpha value is -0.510. The lowest BCUT2D eigenvalue weighted by atomic mass is 11.3. The van der Waals surface area contributed by atoms with Gasteiger partial charge in [0.1, 0.15) is 6.33 Å². The number of fused-ring (bicyclic) bond motifs is 1. The summed E-state index contributed by atoms with van der Waals surface area (Å²) in [5.41, 5.74) is 0. The van der Waals surface area contributed by atoms with E-state index in [1.807, 2.05) is 3.97 Å². The van der Waals surface area contributed by atoms with E-state index in [4.69, 9.17) is 0 Å². The molecule has 0 saturated heterocycles. The van der Waals surface area contributed by atoms with E-state index in [0.29, 0.717) is 0 Å². The van der Waals surface area contributed by atoms with Gasteiger partial charge in [0.25, 0.3) is 0 Å². The molecule has 0 aliphatic carbocycles. The van der Waals surface area contributed by atoms with Crippen molar-refractivity contribution in [1.82, 2.24) is 14.2 Å². The first-order chi connectivity index (χ1) is 2.97. The summed E-state index contributed by atoms with van der Waals surface area (Å²) in [5, 5.41) is 8.29. The van der Waals surface area contributed by atoms with Crippen molar-refractivity contribution in [3.8, 4) is 0 Å². The van der Waals surface area contributed by atoms with Gasteiger partial charge in [-0.25, -0.2) is 3.97 Å². The van der Waals surface area contributed by atoms with Crippen LogP contribution < -0.4 is 0 Å². The summed E-state index contributed by atoms with van der Waals surface area (Å²) in [6.45, 7) is 0. The van der Waals surface area contributed by atoms with E-state index in [1.54, 1.807) is 18.3 Å². The zero-order valence-electron chi connectivity index (χ0n) is 2.83. The summed E-state index contributed by atoms with van der Waals surface area (Å²) in [5.74, 6) is 0. The Bertz CT molecular complexity index is 153. The average molecular weight is 99.1 g/mol. The van der Waals surface area contributed by atoms with Gasteiger partial charge in [0.05, 0.1) is 0 Å². The quantitative estimate of drug-likeness (QED) is 0.440. The van der Waals surface area contributed by atoms with E-state index in [0.717, 1.165) is 5.16 Å². The van der Waals surface area contributed by atoms with Gasteiger partial charge >= 0.3 is 0 Å². The monoisotopic (exact) mass is 99.0 g/mol. The lowest BCUT2D eigenvalue weighted by molar-refractivity contribution is 1.01. The van der Waals surface area contributed by atoms with Gasteiger partial charge in [-0.15, -0.1) is 10.2 Å². The van der Waals surface area contributed by atoms with Crippen LogP contribution in [0.3, 0.4) is 0 Å². The van der Waals surface area contributed by atoms with Gasteiger partial charge in [0, 0.05) is 11.9 Å². The Kier molecular flexibility index (Phi) is 0.266. The van der Waals surface area contributed by atoms with Crippen molar-refractivity contribution in [1.29, 1.82) is 0 Å². The van der Waals surface area contributed by atoms with Gasteiger partial charge in [-0.1, -0.05) is 0 Å². The van der Waals surface area contributed by atoms with Crippen LogP contribution in [0.4, 0.5) is 0 Å². The first-order valence-corrected chi connectivity index (χ1v) is 2.32. The normalized spacial score (nSPS) is 14.0. The highest BCUT2D eigenvalue weighted by Gasteiger charge is 2.18. The van der Waals surface area contributed by atoms with Crippen molar-refractivity contribution < 1.29 is 0 Å². The molecule has 3 nitrogen and oxygen atoms in total. The third-order valence-electron chi connectivity index (χ3n) is 0.636. The Labute approximate surface area is 38.5 Å². The van der Waals surface area contributed by atoms with E-state index in [-0.39, 0.29) is 0 Å². The fourth-order valence-electron chi connectivity index (χ4n) is 0.325. The highest BCUT2D eigenvalue weighted by molar-refractivity contribution is 8.02. The van der Waals surface area contributed by atoms with Crippen molar-refractivity contribution >= 4 is 11.9 Å². The molecule has 0 saturated carbocycles. The average Bonchev–Trinajstić information content (AvgIpc) is 2.17. The van der Waals surface area contributed by atoms with Crippen molar-refractivity contribution in [2.24, 2.45) is 0 Å². The molecule has 1 aliphatic heterocycles. The molecule has 1 aromatic rings. The van der Waals surface area contributed by atoms with Gasteiger partial charge in [-0.3, -0.25) is 0 Å². The number of rotatable bonds is 0. The van der Waals surface area contributed by atoms with Crippen LogP contribution in [0.15, 0.2) is 11.5 Å². The Balaban J connectivity index is 2.88. The fourth-order valence-corrected chi connectivity index (χ4v) is 0.717. The van der Waals surface area contributed by atoms with Crippen LogP contribution in [0.5, 0.6) is 0 Å². The van der Waals surface area contributed by atoms with Gasteiger partial charge in [-0.05, 0) is 0 Å². The molecule has 1 aromatic heterocycles. The highest BCUT2D eigenvalue weighted by atomic mass is 32.2. The summed E-state index contributed by atoms with van der Waals surface area (Å²) in [6.07, 6.45) is 1.69. The molecule has 0 amide bonds. The minimum absolute atomic E-state index is 1.02. The maximum atomic E-state index is 3.69. The van der Waals surface area contributed by atoms with E-state index in [1.165, 1.54) is 0 Å². The van der Waals surface area contributed by atoms with Crippen LogP contribution in [0, 0.1) is 0 Å². The second kappa shape index (κ2) is 0.607. The number of aromatic nitrogens is 3. The number of hydrogen-bond donors (Lipinski definition) is 0. The lowest BCUT2D eigenvalue weighted by Crippen LogP contribution is -1.61. The first kappa shape index (κ1) is 2.63. The largest absolute Gasteiger partial charge is 0.240 e. The van der Waals surface area contributed by atoms with Crippen LogP contribution in [0.1, 0.15) is 0 Å². The molecule has 0 unspecified atom stereocenters. The smallest absolute Gasteiger partial charge is 0.222 e. The lowest BCUT2D eigenvalue weighted by Gasteiger charge is -1.57. The Morgan fingerprint density at radius 2 is 2.83 bits per heavy atom. The SMILES string of the molecule is c1nnc2n1S2. The maximum absolute atomic E-state index is 3.69. The van der Waals surface area contributed by atoms with E-state index < -0.39 is 0 Å². The molecular weight excluding hydrogens is 98.1 g/mol. The zero-order chi connectivity index (χ0) is 3.98. The summed E-state index contributed by atoms with van der Waals surface area (Å²) in [7, 11) is 0. The van der Waals surface area contributed by atoms with Crippen LogP contribution in [-0.2, 0) is 0 Å². The summed E-state index contributed by atoms with van der Waals surface area (Å²) in [4.78, 5) is 0. The molecule has 30 valence electrons. The van der Waals surface area contributed by atoms with Gasteiger partial charge < -0.3 is 0 Å². The predicted molar refractivity (Wildman–Crippen MR) is 21.3 cm³/mol. The standard InChI is InChI=1S/C2HN3S/c1-3-4-2-5(1)6-2/h1H. The molecule has 0 atom stereocenters. The summed E-state index contributed by atoms with van der Waals surface area (Å²) in [6, 6.07) is 0. The molecule has 0 N–H and O–H groups in total. The highest BCUT2D eigenvalue weighted by Crippen LogP contribution is 2.32. The van der Waals surface area contributed by atoms with Gasteiger partial charge in [0.15, 0.2) is 0 Å². The predicted octanol–water partition coefficient (Wildman–Crippen LogP) is 0.147. The fraction of sp³-hybridized carbons (Fsp3) is 0. The molecule has 6 heavy (non-hydrogen) atoms. The minimum atomic E-state index is 1.02. The van der Waals surface area contributed by atoms with Gasteiger partial charge in [0.2, 0.25) is 5.16 Å². The third kappa shape index (κ3) is 0.164. The van der Waals surface area contributed by atoms with Crippen molar-refractivity contribution in [3.63, 3.8) is 0 Å². The maximum Gasteiger partial charge on any atom is 0.222 e. The molecule has 2 heterocycles. The third-order valence-corrected chi connectivity index (χ3v) is 1.37. The topological polar surface area (TPSA) is 30.7 Å². The first-order valence-electron chi connectivity index (χ1n) is 1.55. The molecule has 0 bridgehead atoms. The molecule has 0 aromatic carbocycles. The van der Waals surface area contributed by atoms with Crippen LogP contribution in [-0.4, -0.2) is 14.2 Å². The van der Waals surface area contributed by atoms with Crippen LogP contribution in [0.2, 0.25) is 0 Å². The molecule has 1 aliphatic rings. The Morgan fingerprint density at radius 3 is 3.00 bits per heavy atom. The molecule has 2 rings (SSSR count). The molecular formula is C2HN3S. The summed E-state index contributed by atoms with van der Waals surface area (Å²) >= 11 is 1.61. The summed E-state index contributed by atoms with van der Waals surface area (Å²) < 4.78 is 1.90. The second-order valence-electron chi connectivity index (χ2n) is 1.03. The van der Waals surface area contributed by atoms with E-state index in [9.17, 15) is 0 Å². The van der Waals surface area contributed by atoms with Crippen molar-refractivity contribution in [3.05, 3.63) is 6.33 Å². The molecule has 0 radical (unpaired) electrons. The molecule has 0 fully saturated rings. The second-order valence-corrected chi connectivity index (χ2v) is 1.97. The van der Waals surface area contributed by atoms with Crippen LogP contribution in [0.25, 0.3) is 0 Å². The van der Waals surface area contributed by atoms with E-state index >= 15 is 0 Å². The molecule has 4 heteroatoms. The van der Waals surface area contributed by atoms with E-state index in [2.05, 4.69) is 10.2 Å². The molecule has 0 spiro atoms. The van der Waals surface area contributed by atoms with Gasteiger partial charge in [-0.2, -0.15) is 0 Å². The van der Waals surface area contributed by atoms with Crippen LogP contribution >= 0.6 is 11.9 Å². The Morgan fingerprint density at radius 1 is 1.83 bits per heavy atom. The number of nitrogens with zero attached hydrogens (tertiary/aromatic N) is 3. The van der Waals surface area contributed by atoms with Crippen molar-refractivity contribution in [2.45, 2.75) is 5.16 Å². The zero-order valence-corrected chi connectivity index (χ0v) is 3.64. The van der Waals surface area contributed by atoms with Crippen molar-refractivity contribution in [2.75, 3.05) is 0 Å². The number of hydrogen-bond acceptors (Lipinski definition) is 3. The minimum Gasteiger partial charge on any atom is -0.240 e.